The smallest absolute Gasteiger partial charge is 0.404 e. The van der Waals surface area contributed by atoms with Gasteiger partial charge in [0, 0.05) is 12.2 Å². The predicted octanol–water partition coefficient (Wildman–Crippen LogP) is 3.34. The standard InChI is InChI=1S/C18H29N3O2/c1-13(2)12-15(23-18(19)22)8-5-10-20-16-9-3-6-14-7-4-11-21-17(14)16/h4,7,11,13,15-16,20H,3,5-6,8-10,12H2,1-2H3,(H2,19,22). The van der Waals surface area contributed by atoms with Gasteiger partial charge in [0.25, 0.3) is 0 Å². The number of carbonyl (C=O) groups excluding carboxylic acids is 1. The Morgan fingerprint density at radius 1 is 1.52 bits per heavy atom. The molecule has 0 aromatic carbocycles. The summed E-state index contributed by atoms with van der Waals surface area (Å²) in [6.45, 7) is 5.15. The minimum absolute atomic E-state index is 0.0777. The molecule has 0 saturated heterocycles. The van der Waals surface area contributed by atoms with E-state index in [1.807, 2.05) is 12.3 Å². The molecule has 5 nitrogen and oxygen atoms in total. The summed E-state index contributed by atoms with van der Waals surface area (Å²) in [5, 5.41) is 3.61. The van der Waals surface area contributed by atoms with Gasteiger partial charge in [0.15, 0.2) is 0 Å². The summed E-state index contributed by atoms with van der Waals surface area (Å²) in [4.78, 5) is 15.5. The van der Waals surface area contributed by atoms with E-state index in [0.717, 1.165) is 38.6 Å². The molecule has 0 bridgehead atoms. The second-order valence-electron chi connectivity index (χ2n) is 6.78. The maximum absolute atomic E-state index is 11.0. The van der Waals surface area contributed by atoms with E-state index in [2.05, 4.69) is 30.2 Å². The van der Waals surface area contributed by atoms with Crippen molar-refractivity contribution in [3.8, 4) is 0 Å². The average molecular weight is 319 g/mol. The maximum atomic E-state index is 11.0. The van der Waals surface area contributed by atoms with Crippen molar-refractivity contribution in [1.29, 1.82) is 0 Å². The normalized spacial score (nSPS) is 18.5. The number of rotatable bonds is 8. The zero-order valence-electron chi connectivity index (χ0n) is 14.3. The fourth-order valence-corrected chi connectivity index (χ4v) is 3.33. The van der Waals surface area contributed by atoms with Gasteiger partial charge in [-0.25, -0.2) is 4.79 Å². The number of aromatic nitrogens is 1. The third kappa shape index (κ3) is 5.82. The van der Waals surface area contributed by atoms with Gasteiger partial charge in [-0.05, 0) is 62.6 Å². The second-order valence-corrected chi connectivity index (χ2v) is 6.78. The Morgan fingerprint density at radius 3 is 3.09 bits per heavy atom. The van der Waals surface area contributed by atoms with Crippen LogP contribution in [0.3, 0.4) is 0 Å². The molecular weight excluding hydrogens is 290 g/mol. The summed E-state index contributed by atoms with van der Waals surface area (Å²) in [5.41, 5.74) is 7.72. The second kappa shape index (κ2) is 8.87. The number of ether oxygens (including phenoxy) is 1. The molecule has 1 aromatic rings. The van der Waals surface area contributed by atoms with Crippen molar-refractivity contribution in [2.45, 2.75) is 64.5 Å². The number of aryl methyl sites for hydroxylation is 1. The Bertz CT molecular complexity index is 505. The molecule has 1 heterocycles. The number of nitrogens with one attached hydrogen (secondary N) is 1. The van der Waals surface area contributed by atoms with Gasteiger partial charge in [-0.3, -0.25) is 4.98 Å². The third-order valence-corrected chi connectivity index (χ3v) is 4.31. The molecule has 1 amide bonds. The Balaban J connectivity index is 1.77. The van der Waals surface area contributed by atoms with Crippen LogP contribution in [0.2, 0.25) is 0 Å². The first-order chi connectivity index (χ1) is 11.1. The van der Waals surface area contributed by atoms with E-state index in [-0.39, 0.29) is 6.10 Å². The van der Waals surface area contributed by atoms with Gasteiger partial charge in [-0.15, -0.1) is 0 Å². The van der Waals surface area contributed by atoms with E-state index in [9.17, 15) is 4.79 Å². The number of primary amides is 1. The van der Waals surface area contributed by atoms with Crippen molar-refractivity contribution < 1.29 is 9.53 Å². The topological polar surface area (TPSA) is 77.2 Å². The fraction of sp³-hybridized carbons (Fsp3) is 0.667. The third-order valence-electron chi connectivity index (χ3n) is 4.31. The van der Waals surface area contributed by atoms with Crippen LogP contribution in [0.25, 0.3) is 0 Å². The Morgan fingerprint density at radius 2 is 2.35 bits per heavy atom. The zero-order valence-corrected chi connectivity index (χ0v) is 14.3. The van der Waals surface area contributed by atoms with Crippen LogP contribution in [0.1, 0.15) is 63.3 Å². The van der Waals surface area contributed by atoms with Crippen LogP contribution in [0, 0.1) is 5.92 Å². The van der Waals surface area contributed by atoms with Gasteiger partial charge in [-0.1, -0.05) is 19.9 Å². The predicted molar refractivity (Wildman–Crippen MR) is 91.1 cm³/mol. The number of nitrogens with zero attached hydrogens (tertiary/aromatic N) is 1. The molecule has 0 saturated carbocycles. The lowest BCUT2D eigenvalue weighted by Gasteiger charge is -2.25. The zero-order chi connectivity index (χ0) is 16.7. The fourth-order valence-electron chi connectivity index (χ4n) is 3.33. The highest BCUT2D eigenvalue weighted by Gasteiger charge is 2.21. The van der Waals surface area contributed by atoms with Crippen LogP contribution >= 0.6 is 0 Å². The van der Waals surface area contributed by atoms with E-state index in [1.54, 1.807) is 0 Å². The number of carbonyl (C=O) groups is 1. The van der Waals surface area contributed by atoms with E-state index >= 15 is 0 Å². The van der Waals surface area contributed by atoms with Crippen molar-refractivity contribution in [3.05, 3.63) is 29.6 Å². The monoisotopic (exact) mass is 319 g/mol. The molecule has 1 aromatic heterocycles. The molecule has 5 heteroatoms. The van der Waals surface area contributed by atoms with Crippen molar-refractivity contribution in [1.82, 2.24) is 10.3 Å². The molecule has 1 aliphatic carbocycles. The molecule has 23 heavy (non-hydrogen) atoms. The van der Waals surface area contributed by atoms with Gasteiger partial charge >= 0.3 is 6.09 Å². The maximum Gasteiger partial charge on any atom is 0.404 e. The molecule has 1 aliphatic rings. The summed E-state index contributed by atoms with van der Waals surface area (Å²) >= 11 is 0. The highest BCUT2D eigenvalue weighted by Crippen LogP contribution is 2.27. The van der Waals surface area contributed by atoms with Crippen molar-refractivity contribution in [2.24, 2.45) is 11.7 Å². The summed E-state index contributed by atoms with van der Waals surface area (Å²) < 4.78 is 5.21. The van der Waals surface area contributed by atoms with Crippen LogP contribution in [-0.2, 0) is 11.2 Å². The SMILES string of the molecule is CC(C)CC(CCCNC1CCCc2cccnc21)OC(N)=O. The highest BCUT2D eigenvalue weighted by atomic mass is 16.6. The lowest BCUT2D eigenvalue weighted by Crippen LogP contribution is -2.29. The van der Waals surface area contributed by atoms with Crippen LogP contribution in [0.15, 0.2) is 18.3 Å². The Hall–Kier alpha value is -1.62. The van der Waals surface area contributed by atoms with Gasteiger partial charge in [0.05, 0.1) is 5.69 Å². The average Bonchev–Trinajstić information content (AvgIpc) is 2.50. The first kappa shape index (κ1) is 17.7. The lowest BCUT2D eigenvalue weighted by molar-refractivity contribution is 0.0865. The Labute approximate surface area is 139 Å². The molecule has 0 aliphatic heterocycles. The van der Waals surface area contributed by atoms with Crippen LogP contribution in [0.4, 0.5) is 4.79 Å². The molecule has 2 rings (SSSR count). The first-order valence-corrected chi connectivity index (χ1v) is 8.69. The number of amides is 1. The summed E-state index contributed by atoms with van der Waals surface area (Å²) in [5.74, 6) is 0.488. The van der Waals surface area contributed by atoms with Crippen LogP contribution < -0.4 is 11.1 Å². The van der Waals surface area contributed by atoms with Crippen molar-refractivity contribution in [3.63, 3.8) is 0 Å². The largest absolute Gasteiger partial charge is 0.446 e. The molecule has 2 unspecified atom stereocenters. The lowest BCUT2D eigenvalue weighted by atomic mass is 9.92. The summed E-state index contributed by atoms with van der Waals surface area (Å²) in [6, 6.07) is 4.54. The number of hydrogen-bond acceptors (Lipinski definition) is 4. The first-order valence-electron chi connectivity index (χ1n) is 8.69. The van der Waals surface area contributed by atoms with Gasteiger partial charge in [-0.2, -0.15) is 0 Å². The van der Waals surface area contributed by atoms with Gasteiger partial charge in [0.2, 0.25) is 0 Å². The molecule has 128 valence electrons. The summed E-state index contributed by atoms with van der Waals surface area (Å²) in [6.07, 6.45) is 7.26. The highest BCUT2D eigenvalue weighted by molar-refractivity contribution is 5.64. The minimum atomic E-state index is -0.672. The van der Waals surface area contributed by atoms with Crippen molar-refractivity contribution >= 4 is 6.09 Å². The molecular formula is C18H29N3O2. The quantitative estimate of drug-likeness (QED) is 0.720. The van der Waals surface area contributed by atoms with E-state index < -0.39 is 6.09 Å². The van der Waals surface area contributed by atoms with Gasteiger partial charge in [0.1, 0.15) is 6.10 Å². The van der Waals surface area contributed by atoms with E-state index in [0.29, 0.717) is 12.0 Å². The number of fused-ring (bicyclic) bond motifs is 1. The molecule has 0 radical (unpaired) electrons. The molecule has 2 atom stereocenters. The van der Waals surface area contributed by atoms with E-state index in [4.69, 9.17) is 10.5 Å². The van der Waals surface area contributed by atoms with Gasteiger partial charge < -0.3 is 15.8 Å². The van der Waals surface area contributed by atoms with Crippen LogP contribution in [0.5, 0.6) is 0 Å². The minimum Gasteiger partial charge on any atom is -0.446 e. The summed E-state index contributed by atoms with van der Waals surface area (Å²) in [7, 11) is 0. The van der Waals surface area contributed by atoms with E-state index in [1.165, 1.54) is 17.7 Å². The number of hydrogen-bond donors (Lipinski definition) is 2. The van der Waals surface area contributed by atoms with Crippen molar-refractivity contribution in [2.75, 3.05) is 6.54 Å². The number of pyridine rings is 1. The molecule has 3 N–H and O–H groups in total. The molecule has 0 fully saturated rings. The molecule has 0 spiro atoms. The Kier molecular flexibility index (Phi) is 6.84. The number of nitrogens with two attached hydrogens (primary N) is 1. The van der Waals surface area contributed by atoms with Crippen LogP contribution in [-0.4, -0.2) is 23.7 Å².